The summed E-state index contributed by atoms with van der Waals surface area (Å²) in [4.78, 5) is 13.7. The van der Waals surface area contributed by atoms with E-state index in [4.69, 9.17) is 9.47 Å². The first-order valence-corrected chi connectivity index (χ1v) is 7.43. The van der Waals surface area contributed by atoms with Crippen LogP contribution in [-0.2, 0) is 17.9 Å². The Balaban J connectivity index is 2.00. The van der Waals surface area contributed by atoms with Crippen LogP contribution in [0, 0.1) is 0 Å². The molecule has 0 spiro atoms. The van der Waals surface area contributed by atoms with E-state index >= 15 is 0 Å². The Morgan fingerprint density at radius 1 is 1.09 bits per heavy atom. The normalized spacial score (nSPS) is 10.2. The van der Waals surface area contributed by atoms with Crippen molar-refractivity contribution in [3.63, 3.8) is 0 Å². The predicted molar refractivity (Wildman–Crippen MR) is 87.1 cm³/mol. The second-order valence-corrected chi connectivity index (χ2v) is 5.00. The first kappa shape index (κ1) is 16.8. The molecule has 1 N–H and O–H groups in total. The average Bonchev–Trinajstić information content (AvgIpc) is 2.60. The van der Waals surface area contributed by atoms with Crippen molar-refractivity contribution in [2.75, 3.05) is 20.3 Å². The molecule has 0 bridgehead atoms. The van der Waals surface area contributed by atoms with Crippen molar-refractivity contribution in [2.24, 2.45) is 0 Å². The molecule has 122 valence electrons. The van der Waals surface area contributed by atoms with Crippen molar-refractivity contribution in [3.8, 4) is 5.75 Å². The highest BCUT2D eigenvalue weighted by Gasteiger charge is 2.17. The molecular formula is C18H21NO4. The maximum atomic E-state index is 12.3. The van der Waals surface area contributed by atoms with Crippen LogP contribution >= 0.6 is 0 Å². The van der Waals surface area contributed by atoms with Crippen molar-refractivity contribution >= 4 is 6.09 Å². The van der Waals surface area contributed by atoms with E-state index in [1.54, 1.807) is 7.11 Å². The third-order valence-corrected chi connectivity index (χ3v) is 3.39. The minimum atomic E-state index is -0.464. The number of methoxy groups -OCH3 is 1. The van der Waals surface area contributed by atoms with Gasteiger partial charge in [0.15, 0.2) is 0 Å². The molecule has 0 saturated carbocycles. The fraction of sp³-hybridized carbons (Fsp3) is 0.278. The maximum Gasteiger partial charge on any atom is 0.410 e. The fourth-order valence-electron chi connectivity index (χ4n) is 2.21. The number of carbonyl (C=O) groups excluding carboxylic acids is 1. The van der Waals surface area contributed by atoms with E-state index in [1.807, 2.05) is 54.6 Å². The molecule has 0 fully saturated rings. The van der Waals surface area contributed by atoms with Crippen molar-refractivity contribution in [1.29, 1.82) is 0 Å². The fourth-order valence-corrected chi connectivity index (χ4v) is 2.21. The Hall–Kier alpha value is -2.53. The largest absolute Gasteiger partial charge is 0.496 e. The molecule has 0 aliphatic carbocycles. The molecule has 0 radical (unpaired) electrons. The smallest absolute Gasteiger partial charge is 0.410 e. The molecule has 2 aromatic carbocycles. The number of ether oxygens (including phenoxy) is 2. The number of amides is 1. The summed E-state index contributed by atoms with van der Waals surface area (Å²) in [6.45, 7) is 0.590. The number of hydrogen-bond donors (Lipinski definition) is 1. The molecule has 5 heteroatoms. The van der Waals surface area contributed by atoms with E-state index in [0.29, 0.717) is 12.3 Å². The predicted octanol–water partition coefficient (Wildman–Crippen LogP) is 2.83. The lowest BCUT2D eigenvalue weighted by Gasteiger charge is -2.22. The minimum absolute atomic E-state index is 0.129. The summed E-state index contributed by atoms with van der Waals surface area (Å²) in [5.41, 5.74) is 1.78. The van der Waals surface area contributed by atoms with Crippen molar-refractivity contribution in [1.82, 2.24) is 4.90 Å². The number of nitrogens with zero attached hydrogens (tertiary/aromatic N) is 1. The lowest BCUT2D eigenvalue weighted by molar-refractivity contribution is 0.0856. The summed E-state index contributed by atoms with van der Waals surface area (Å²) < 4.78 is 10.6. The van der Waals surface area contributed by atoms with E-state index in [2.05, 4.69) is 0 Å². The standard InChI is InChI=1S/C18H21NO4/c1-22-17-10-6-5-9-16(17)13-19(11-12-20)18(21)23-14-15-7-3-2-4-8-15/h2-10,20H,11-14H2,1H3. The van der Waals surface area contributed by atoms with Gasteiger partial charge in [-0.1, -0.05) is 48.5 Å². The van der Waals surface area contributed by atoms with Crippen LogP contribution in [0.5, 0.6) is 5.75 Å². The Bertz CT molecular complexity index is 615. The van der Waals surface area contributed by atoms with Gasteiger partial charge < -0.3 is 19.5 Å². The zero-order valence-electron chi connectivity index (χ0n) is 13.1. The van der Waals surface area contributed by atoms with Crippen LogP contribution in [-0.4, -0.2) is 36.4 Å². The topological polar surface area (TPSA) is 59.0 Å². The number of hydrogen-bond acceptors (Lipinski definition) is 4. The van der Waals surface area contributed by atoms with Gasteiger partial charge in [-0.25, -0.2) is 4.79 Å². The quantitative estimate of drug-likeness (QED) is 0.853. The van der Waals surface area contributed by atoms with Gasteiger partial charge in [-0.3, -0.25) is 0 Å². The van der Waals surface area contributed by atoms with Gasteiger partial charge in [0.05, 0.1) is 20.3 Å². The maximum absolute atomic E-state index is 12.3. The van der Waals surface area contributed by atoms with E-state index in [-0.39, 0.29) is 19.8 Å². The molecule has 5 nitrogen and oxygen atoms in total. The summed E-state index contributed by atoms with van der Waals surface area (Å²) in [7, 11) is 1.59. The summed E-state index contributed by atoms with van der Waals surface area (Å²) in [6.07, 6.45) is -0.464. The van der Waals surface area contributed by atoms with Gasteiger partial charge >= 0.3 is 6.09 Å². The van der Waals surface area contributed by atoms with Crippen LogP contribution in [0.1, 0.15) is 11.1 Å². The van der Waals surface area contributed by atoms with Crippen LogP contribution in [0.2, 0.25) is 0 Å². The highest BCUT2D eigenvalue weighted by atomic mass is 16.6. The molecule has 0 heterocycles. The molecular weight excluding hydrogens is 294 g/mol. The Kier molecular flexibility index (Phi) is 6.44. The van der Waals surface area contributed by atoms with Gasteiger partial charge in [0, 0.05) is 12.1 Å². The van der Waals surface area contributed by atoms with Crippen LogP contribution in [0.15, 0.2) is 54.6 Å². The lowest BCUT2D eigenvalue weighted by atomic mass is 10.2. The van der Waals surface area contributed by atoms with Crippen molar-refractivity contribution < 1.29 is 19.4 Å². The van der Waals surface area contributed by atoms with Gasteiger partial charge in [-0.2, -0.15) is 0 Å². The molecule has 0 aromatic heterocycles. The first-order chi connectivity index (χ1) is 11.2. The van der Waals surface area contributed by atoms with E-state index in [0.717, 1.165) is 11.1 Å². The highest BCUT2D eigenvalue weighted by molar-refractivity contribution is 5.67. The number of benzene rings is 2. The second kappa shape index (κ2) is 8.80. The molecule has 1 amide bonds. The molecule has 0 aliphatic heterocycles. The first-order valence-electron chi connectivity index (χ1n) is 7.43. The Morgan fingerprint density at radius 2 is 1.78 bits per heavy atom. The van der Waals surface area contributed by atoms with E-state index in [9.17, 15) is 9.90 Å². The molecule has 0 saturated heterocycles. The molecule has 0 atom stereocenters. The monoisotopic (exact) mass is 315 g/mol. The molecule has 2 aromatic rings. The Morgan fingerprint density at radius 3 is 2.48 bits per heavy atom. The summed E-state index contributed by atoms with van der Waals surface area (Å²) in [6, 6.07) is 16.9. The van der Waals surface area contributed by atoms with Gasteiger partial charge in [-0.05, 0) is 11.6 Å². The van der Waals surface area contributed by atoms with Crippen LogP contribution in [0.25, 0.3) is 0 Å². The number of carbonyl (C=O) groups is 1. The van der Waals surface area contributed by atoms with Gasteiger partial charge in [0.1, 0.15) is 12.4 Å². The lowest BCUT2D eigenvalue weighted by Crippen LogP contribution is -2.33. The summed E-state index contributed by atoms with van der Waals surface area (Å²) in [5, 5.41) is 9.19. The van der Waals surface area contributed by atoms with Gasteiger partial charge in [0.2, 0.25) is 0 Å². The zero-order chi connectivity index (χ0) is 16.5. The van der Waals surface area contributed by atoms with Crippen molar-refractivity contribution in [2.45, 2.75) is 13.2 Å². The SMILES string of the molecule is COc1ccccc1CN(CCO)C(=O)OCc1ccccc1. The van der Waals surface area contributed by atoms with Crippen LogP contribution < -0.4 is 4.74 Å². The number of aliphatic hydroxyl groups excluding tert-OH is 1. The second-order valence-electron chi connectivity index (χ2n) is 5.00. The number of aliphatic hydroxyl groups is 1. The van der Waals surface area contributed by atoms with Gasteiger partial charge in [-0.15, -0.1) is 0 Å². The summed E-state index contributed by atoms with van der Waals surface area (Å²) in [5.74, 6) is 0.700. The molecule has 23 heavy (non-hydrogen) atoms. The number of rotatable bonds is 7. The zero-order valence-corrected chi connectivity index (χ0v) is 13.1. The third-order valence-electron chi connectivity index (χ3n) is 3.39. The minimum Gasteiger partial charge on any atom is -0.496 e. The highest BCUT2D eigenvalue weighted by Crippen LogP contribution is 2.19. The van der Waals surface area contributed by atoms with Crippen LogP contribution in [0.4, 0.5) is 4.79 Å². The van der Waals surface area contributed by atoms with Crippen molar-refractivity contribution in [3.05, 3.63) is 65.7 Å². The van der Waals surface area contributed by atoms with Crippen LogP contribution in [0.3, 0.4) is 0 Å². The molecule has 0 unspecified atom stereocenters. The molecule has 0 aliphatic rings. The van der Waals surface area contributed by atoms with E-state index in [1.165, 1.54) is 4.90 Å². The van der Waals surface area contributed by atoms with Gasteiger partial charge in [0.25, 0.3) is 0 Å². The Labute approximate surface area is 136 Å². The number of para-hydroxylation sites is 1. The molecule has 2 rings (SSSR count). The average molecular weight is 315 g/mol. The third kappa shape index (κ3) is 5.00. The van der Waals surface area contributed by atoms with E-state index < -0.39 is 6.09 Å². The summed E-state index contributed by atoms with van der Waals surface area (Å²) >= 11 is 0.